The summed E-state index contributed by atoms with van der Waals surface area (Å²) in [5.74, 6) is -0.425. The summed E-state index contributed by atoms with van der Waals surface area (Å²) in [5.41, 5.74) is 2.59. The predicted octanol–water partition coefficient (Wildman–Crippen LogP) is 0.931. The second kappa shape index (κ2) is 9.36. The number of hydrogen-bond acceptors (Lipinski definition) is 7. The number of hydrogen-bond donors (Lipinski definition) is 3. The molecule has 1 atom stereocenters. The van der Waals surface area contributed by atoms with E-state index in [1.165, 1.54) is 24.5 Å². The molecule has 8 nitrogen and oxygen atoms in total. The first kappa shape index (κ1) is 19.9. The SMILES string of the molecule is O=C(NO)c1cnc(N2CCN([C@H](/C=C/c3ccc(F)cc3)CO)CC2)nc1. The highest BCUT2D eigenvalue weighted by molar-refractivity contribution is 5.92. The number of piperazine rings is 1. The van der Waals surface area contributed by atoms with Crippen molar-refractivity contribution in [1.29, 1.82) is 0 Å². The van der Waals surface area contributed by atoms with E-state index in [4.69, 9.17) is 5.21 Å². The highest BCUT2D eigenvalue weighted by Gasteiger charge is 2.23. The Balaban J connectivity index is 1.57. The van der Waals surface area contributed by atoms with E-state index in [1.54, 1.807) is 17.6 Å². The molecule has 2 aromatic rings. The number of halogens is 1. The first-order valence-electron chi connectivity index (χ1n) is 8.91. The van der Waals surface area contributed by atoms with Gasteiger partial charge in [0.05, 0.1) is 18.2 Å². The highest BCUT2D eigenvalue weighted by atomic mass is 19.1. The zero-order chi connectivity index (χ0) is 19.9. The van der Waals surface area contributed by atoms with Gasteiger partial charge in [0, 0.05) is 38.6 Å². The van der Waals surface area contributed by atoms with Crippen LogP contribution in [0.2, 0.25) is 0 Å². The van der Waals surface area contributed by atoms with Gasteiger partial charge in [-0.1, -0.05) is 24.3 Å². The fraction of sp³-hybridized carbons (Fsp3) is 0.316. The molecule has 1 aliphatic heterocycles. The van der Waals surface area contributed by atoms with E-state index in [-0.39, 0.29) is 24.0 Å². The zero-order valence-corrected chi connectivity index (χ0v) is 15.2. The number of amides is 1. The van der Waals surface area contributed by atoms with Crippen LogP contribution >= 0.6 is 0 Å². The van der Waals surface area contributed by atoms with E-state index in [0.717, 1.165) is 5.56 Å². The molecule has 9 heteroatoms. The molecular weight excluding hydrogens is 365 g/mol. The summed E-state index contributed by atoms with van der Waals surface area (Å²) in [6, 6.07) is 6.06. The Morgan fingerprint density at radius 1 is 1.18 bits per heavy atom. The van der Waals surface area contributed by atoms with Crippen molar-refractivity contribution in [1.82, 2.24) is 20.3 Å². The summed E-state index contributed by atoms with van der Waals surface area (Å²) >= 11 is 0. The van der Waals surface area contributed by atoms with Crippen LogP contribution in [0.1, 0.15) is 15.9 Å². The van der Waals surface area contributed by atoms with Gasteiger partial charge in [-0.3, -0.25) is 14.9 Å². The third kappa shape index (κ3) is 4.89. The molecule has 1 aromatic carbocycles. The first-order chi connectivity index (χ1) is 13.6. The smallest absolute Gasteiger partial charge is 0.277 e. The second-order valence-electron chi connectivity index (χ2n) is 6.40. The van der Waals surface area contributed by atoms with Gasteiger partial charge < -0.3 is 10.0 Å². The van der Waals surface area contributed by atoms with Gasteiger partial charge in [-0.25, -0.2) is 19.8 Å². The Morgan fingerprint density at radius 2 is 1.82 bits per heavy atom. The average Bonchev–Trinajstić information content (AvgIpc) is 2.75. The second-order valence-corrected chi connectivity index (χ2v) is 6.40. The van der Waals surface area contributed by atoms with E-state index in [2.05, 4.69) is 14.9 Å². The maximum Gasteiger partial charge on any atom is 0.277 e. The van der Waals surface area contributed by atoms with Gasteiger partial charge in [0.2, 0.25) is 5.95 Å². The van der Waals surface area contributed by atoms with Gasteiger partial charge in [0.1, 0.15) is 5.82 Å². The van der Waals surface area contributed by atoms with E-state index in [9.17, 15) is 14.3 Å². The normalized spacial score (nSPS) is 16.3. The Hall–Kier alpha value is -2.88. The van der Waals surface area contributed by atoms with Crippen LogP contribution in [0.25, 0.3) is 6.08 Å². The molecule has 1 fully saturated rings. The molecule has 1 aliphatic rings. The van der Waals surface area contributed by atoms with E-state index >= 15 is 0 Å². The number of anilines is 1. The van der Waals surface area contributed by atoms with Crippen LogP contribution in [-0.2, 0) is 0 Å². The van der Waals surface area contributed by atoms with E-state index in [0.29, 0.717) is 32.1 Å². The van der Waals surface area contributed by atoms with Crippen molar-refractivity contribution in [3.05, 3.63) is 59.7 Å². The monoisotopic (exact) mass is 387 g/mol. The first-order valence-corrected chi connectivity index (χ1v) is 8.91. The molecule has 2 heterocycles. The van der Waals surface area contributed by atoms with E-state index in [1.807, 2.05) is 17.1 Å². The van der Waals surface area contributed by atoms with Crippen LogP contribution in [-0.4, -0.2) is 69.9 Å². The Bertz CT molecular complexity index is 805. The van der Waals surface area contributed by atoms with Crippen molar-refractivity contribution in [2.24, 2.45) is 0 Å². The average molecular weight is 387 g/mol. The maximum absolute atomic E-state index is 13.0. The molecule has 1 saturated heterocycles. The summed E-state index contributed by atoms with van der Waals surface area (Å²) in [6.45, 7) is 2.75. The van der Waals surface area contributed by atoms with Crippen LogP contribution < -0.4 is 10.4 Å². The lowest BCUT2D eigenvalue weighted by atomic mass is 10.1. The Kier molecular flexibility index (Phi) is 6.64. The zero-order valence-electron chi connectivity index (χ0n) is 15.2. The summed E-state index contributed by atoms with van der Waals surface area (Å²) in [7, 11) is 0. The lowest BCUT2D eigenvalue weighted by Gasteiger charge is -2.37. The fourth-order valence-electron chi connectivity index (χ4n) is 3.01. The van der Waals surface area contributed by atoms with Crippen molar-refractivity contribution in [3.63, 3.8) is 0 Å². The van der Waals surface area contributed by atoms with Crippen LogP contribution in [0.15, 0.2) is 42.7 Å². The molecule has 0 bridgehead atoms. The van der Waals surface area contributed by atoms with Crippen LogP contribution in [0.5, 0.6) is 0 Å². The third-order valence-corrected chi connectivity index (χ3v) is 4.64. The Morgan fingerprint density at radius 3 is 2.39 bits per heavy atom. The molecule has 1 aromatic heterocycles. The minimum Gasteiger partial charge on any atom is -0.394 e. The number of aliphatic hydroxyl groups excluding tert-OH is 1. The molecule has 148 valence electrons. The number of rotatable bonds is 6. The quantitative estimate of drug-likeness (QED) is 0.501. The van der Waals surface area contributed by atoms with Gasteiger partial charge in [-0.05, 0) is 17.7 Å². The molecule has 3 N–H and O–H groups in total. The lowest BCUT2D eigenvalue weighted by Crippen LogP contribution is -2.51. The predicted molar refractivity (Wildman–Crippen MR) is 101 cm³/mol. The number of hydroxylamine groups is 1. The van der Waals surface area contributed by atoms with Crippen LogP contribution in [0, 0.1) is 5.82 Å². The number of aliphatic hydroxyl groups is 1. The third-order valence-electron chi connectivity index (χ3n) is 4.64. The molecule has 0 radical (unpaired) electrons. The molecule has 1 amide bonds. The Labute approximate surface area is 161 Å². The standard InChI is InChI=1S/C19H22FN5O3/c20-16-4-1-14(2-5-16)3-6-17(13-26)24-7-9-25(10-8-24)19-21-11-15(12-22-19)18(27)23-28/h1-6,11-12,17,26,28H,7-10,13H2,(H,23,27)/b6-3+/t17-/m1/s1. The lowest BCUT2D eigenvalue weighted by molar-refractivity contribution is 0.0705. The van der Waals surface area contributed by atoms with Crippen molar-refractivity contribution in [2.45, 2.75) is 6.04 Å². The summed E-state index contributed by atoms with van der Waals surface area (Å²) in [4.78, 5) is 23.8. The van der Waals surface area contributed by atoms with Crippen molar-refractivity contribution >= 4 is 17.9 Å². The number of carbonyl (C=O) groups is 1. The highest BCUT2D eigenvalue weighted by Crippen LogP contribution is 2.14. The molecule has 28 heavy (non-hydrogen) atoms. The summed E-state index contributed by atoms with van der Waals surface area (Å²) in [5, 5.41) is 18.4. The molecule has 0 aliphatic carbocycles. The van der Waals surface area contributed by atoms with Crippen molar-refractivity contribution in [3.8, 4) is 0 Å². The summed E-state index contributed by atoms with van der Waals surface area (Å²) < 4.78 is 13.0. The van der Waals surface area contributed by atoms with Gasteiger partial charge in [-0.2, -0.15) is 0 Å². The molecule has 0 spiro atoms. The topological polar surface area (TPSA) is 102 Å². The molecule has 0 saturated carbocycles. The van der Waals surface area contributed by atoms with Gasteiger partial charge in [0.25, 0.3) is 5.91 Å². The number of benzene rings is 1. The van der Waals surface area contributed by atoms with Gasteiger partial charge in [0.15, 0.2) is 0 Å². The number of nitrogens with one attached hydrogen (secondary N) is 1. The number of nitrogens with zero attached hydrogens (tertiary/aromatic N) is 4. The fourth-order valence-corrected chi connectivity index (χ4v) is 3.01. The minimum atomic E-state index is -0.657. The molecule has 0 unspecified atom stereocenters. The minimum absolute atomic E-state index is 0.0147. The van der Waals surface area contributed by atoms with Gasteiger partial charge in [-0.15, -0.1) is 0 Å². The van der Waals surface area contributed by atoms with Crippen molar-refractivity contribution in [2.75, 3.05) is 37.7 Å². The van der Waals surface area contributed by atoms with Crippen molar-refractivity contribution < 1.29 is 19.5 Å². The largest absolute Gasteiger partial charge is 0.394 e. The maximum atomic E-state index is 13.0. The number of aromatic nitrogens is 2. The number of carbonyl (C=O) groups excluding carboxylic acids is 1. The van der Waals surface area contributed by atoms with Gasteiger partial charge >= 0.3 is 0 Å². The van der Waals surface area contributed by atoms with E-state index < -0.39 is 5.91 Å². The molecule has 3 rings (SSSR count). The molecular formula is C19H22FN5O3. The summed E-state index contributed by atoms with van der Waals surface area (Å²) in [6.07, 6.45) is 6.52. The van der Waals surface area contributed by atoms with Crippen LogP contribution in [0.3, 0.4) is 0 Å². The van der Waals surface area contributed by atoms with Crippen LogP contribution in [0.4, 0.5) is 10.3 Å².